The van der Waals surface area contributed by atoms with E-state index in [2.05, 4.69) is 45.3 Å². The quantitative estimate of drug-likeness (QED) is 0.406. The molecule has 4 heteroatoms. The van der Waals surface area contributed by atoms with E-state index < -0.39 is 0 Å². The highest BCUT2D eigenvalue weighted by atomic mass is 16.2. The lowest BCUT2D eigenvalue weighted by Gasteiger charge is -2.37. The van der Waals surface area contributed by atoms with Gasteiger partial charge in [0.2, 0.25) is 5.91 Å². The van der Waals surface area contributed by atoms with E-state index in [0.717, 1.165) is 83.2 Å². The largest absolute Gasteiger partial charge is 0.356 e. The standard InChI is InChI=1S/C26H48N2O2.C2H6/c1-7-25(2,3)18-26(4,5)23(29)21-12-8-20(9-13-21)17-28-24(30)22-14-10-19(11-15-22)16-27-6;1-2/h19-22,27H,7-18H2,1-6H3,(H,28,30);1-2H3. The molecule has 2 saturated carbocycles. The van der Waals surface area contributed by atoms with Crippen molar-refractivity contribution in [1.82, 2.24) is 10.6 Å². The molecule has 0 atom stereocenters. The van der Waals surface area contributed by atoms with Crippen molar-refractivity contribution in [2.24, 2.45) is 34.5 Å². The van der Waals surface area contributed by atoms with Gasteiger partial charge in [-0.3, -0.25) is 9.59 Å². The van der Waals surface area contributed by atoms with Crippen molar-refractivity contribution >= 4 is 11.7 Å². The molecule has 32 heavy (non-hydrogen) atoms. The number of amides is 1. The van der Waals surface area contributed by atoms with Gasteiger partial charge in [0.15, 0.2) is 0 Å². The Kier molecular flexibility index (Phi) is 12.5. The second kappa shape index (κ2) is 13.7. The molecule has 0 spiro atoms. The molecule has 0 bridgehead atoms. The molecule has 1 amide bonds. The highest BCUT2D eigenvalue weighted by molar-refractivity contribution is 5.86. The third kappa shape index (κ3) is 9.15. The summed E-state index contributed by atoms with van der Waals surface area (Å²) in [6.45, 7) is 16.9. The Morgan fingerprint density at radius 3 is 1.72 bits per heavy atom. The maximum absolute atomic E-state index is 13.2. The van der Waals surface area contributed by atoms with Crippen LogP contribution in [0.1, 0.15) is 113 Å². The molecule has 0 heterocycles. The monoisotopic (exact) mass is 450 g/mol. The van der Waals surface area contributed by atoms with E-state index in [4.69, 9.17) is 0 Å². The number of hydrogen-bond acceptors (Lipinski definition) is 3. The molecule has 2 rings (SSSR count). The van der Waals surface area contributed by atoms with Gasteiger partial charge in [-0.2, -0.15) is 0 Å². The Morgan fingerprint density at radius 2 is 1.25 bits per heavy atom. The molecule has 2 aliphatic rings. The minimum atomic E-state index is -0.239. The number of carbonyl (C=O) groups excluding carboxylic acids is 2. The second-order valence-corrected chi connectivity index (χ2v) is 11.7. The van der Waals surface area contributed by atoms with Crippen molar-refractivity contribution in [1.29, 1.82) is 0 Å². The number of rotatable bonds is 10. The second-order valence-electron chi connectivity index (χ2n) is 11.7. The van der Waals surface area contributed by atoms with Crippen LogP contribution < -0.4 is 10.6 Å². The summed E-state index contributed by atoms with van der Waals surface area (Å²) in [6, 6.07) is 0. The Balaban J connectivity index is 0.00000249. The first-order chi connectivity index (χ1) is 15.1. The fraction of sp³-hybridized carbons (Fsp3) is 0.929. The fourth-order valence-electron chi connectivity index (χ4n) is 5.90. The number of carbonyl (C=O) groups is 2. The Labute approximate surface area is 199 Å². The molecule has 2 N–H and O–H groups in total. The summed E-state index contributed by atoms with van der Waals surface area (Å²) in [6.07, 6.45) is 10.6. The highest BCUT2D eigenvalue weighted by Gasteiger charge is 2.39. The first-order valence-electron chi connectivity index (χ1n) is 13.5. The van der Waals surface area contributed by atoms with Crippen LogP contribution in [0.4, 0.5) is 0 Å². The van der Waals surface area contributed by atoms with Gasteiger partial charge in [0, 0.05) is 23.8 Å². The molecular weight excluding hydrogens is 396 g/mol. The van der Waals surface area contributed by atoms with Crippen LogP contribution in [-0.2, 0) is 9.59 Å². The van der Waals surface area contributed by atoms with E-state index in [0.29, 0.717) is 11.7 Å². The van der Waals surface area contributed by atoms with E-state index >= 15 is 0 Å². The normalized spacial score (nSPS) is 26.6. The van der Waals surface area contributed by atoms with Gasteiger partial charge in [-0.05, 0) is 88.6 Å². The SMILES string of the molecule is CC.CCC(C)(C)CC(C)(C)C(=O)C1CCC(CNC(=O)C2CCC(CNC)CC2)CC1. The number of hydrogen-bond donors (Lipinski definition) is 2. The van der Waals surface area contributed by atoms with Crippen LogP contribution in [0.5, 0.6) is 0 Å². The molecule has 188 valence electrons. The van der Waals surface area contributed by atoms with Crippen molar-refractivity contribution < 1.29 is 9.59 Å². The van der Waals surface area contributed by atoms with Crippen molar-refractivity contribution in [2.75, 3.05) is 20.1 Å². The minimum absolute atomic E-state index is 0.207. The van der Waals surface area contributed by atoms with E-state index in [1.165, 1.54) is 0 Å². The van der Waals surface area contributed by atoms with Gasteiger partial charge < -0.3 is 10.6 Å². The summed E-state index contributed by atoms with van der Waals surface area (Å²) in [7, 11) is 2.01. The van der Waals surface area contributed by atoms with E-state index in [1.54, 1.807) is 0 Å². The smallest absolute Gasteiger partial charge is 0.223 e. The zero-order chi connectivity index (χ0) is 24.4. The lowest BCUT2D eigenvalue weighted by Crippen LogP contribution is -2.39. The van der Waals surface area contributed by atoms with Gasteiger partial charge in [0.1, 0.15) is 5.78 Å². The molecule has 2 fully saturated rings. The van der Waals surface area contributed by atoms with Crippen LogP contribution in [0.2, 0.25) is 0 Å². The molecular formula is C28H54N2O2. The zero-order valence-electron chi connectivity index (χ0n) is 22.6. The van der Waals surface area contributed by atoms with Crippen LogP contribution in [0.3, 0.4) is 0 Å². The minimum Gasteiger partial charge on any atom is -0.356 e. The molecule has 2 aliphatic carbocycles. The first-order valence-corrected chi connectivity index (χ1v) is 13.5. The molecule has 0 aromatic heterocycles. The molecule has 0 aromatic rings. The summed E-state index contributed by atoms with van der Waals surface area (Å²) in [4.78, 5) is 25.8. The summed E-state index contributed by atoms with van der Waals surface area (Å²) < 4.78 is 0. The summed E-state index contributed by atoms with van der Waals surface area (Å²) in [5, 5.41) is 6.50. The topological polar surface area (TPSA) is 58.2 Å². The Hall–Kier alpha value is -0.900. The first kappa shape index (κ1) is 29.1. The lowest BCUT2D eigenvalue weighted by atomic mass is 9.66. The van der Waals surface area contributed by atoms with Crippen LogP contribution in [-0.4, -0.2) is 31.8 Å². The average molecular weight is 451 g/mol. The van der Waals surface area contributed by atoms with Crippen LogP contribution >= 0.6 is 0 Å². The number of Topliss-reactive ketones (excluding diaryl/α,β-unsaturated/α-hetero) is 1. The summed E-state index contributed by atoms with van der Waals surface area (Å²) in [5.41, 5.74) is -0.0236. The molecule has 4 nitrogen and oxygen atoms in total. The third-order valence-electron chi connectivity index (χ3n) is 8.04. The summed E-state index contributed by atoms with van der Waals surface area (Å²) >= 11 is 0. The fourth-order valence-corrected chi connectivity index (χ4v) is 5.90. The molecule has 0 aromatic carbocycles. The van der Waals surface area contributed by atoms with Gasteiger partial charge in [-0.1, -0.05) is 54.9 Å². The molecule has 0 radical (unpaired) electrons. The molecule has 0 aliphatic heterocycles. The zero-order valence-corrected chi connectivity index (χ0v) is 22.6. The van der Waals surface area contributed by atoms with Crippen molar-refractivity contribution in [3.63, 3.8) is 0 Å². The predicted octanol–water partition coefficient (Wildman–Crippen LogP) is 6.38. The van der Waals surface area contributed by atoms with Gasteiger partial charge in [0.05, 0.1) is 0 Å². The number of ketones is 1. The average Bonchev–Trinajstić information content (AvgIpc) is 2.78. The maximum Gasteiger partial charge on any atom is 0.223 e. The van der Waals surface area contributed by atoms with Gasteiger partial charge in [-0.15, -0.1) is 0 Å². The Bertz CT molecular complexity index is 554. The third-order valence-corrected chi connectivity index (χ3v) is 8.04. The van der Waals surface area contributed by atoms with E-state index in [1.807, 2.05) is 20.9 Å². The van der Waals surface area contributed by atoms with Gasteiger partial charge in [0.25, 0.3) is 0 Å². The van der Waals surface area contributed by atoms with Crippen molar-refractivity contribution in [2.45, 2.75) is 113 Å². The van der Waals surface area contributed by atoms with Gasteiger partial charge >= 0.3 is 0 Å². The predicted molar refractivity (Wildman–Crippen MR) is 137 cm³/mol. The molecule has 0 unspecified atom stereocenters. The number of nitrogens with one attached hydrogen (secondary N) is 2. The lowest BCUT2D eigenvalue weighted by molar-refractivity contribution is -0.134. The maximum atomic E-state index is 13.2. The Morgan fingerprint density at radius 1 is 0.781 bits per heavy atom. The van der Waals surface area contributed by atoms with Crippen molar-refractivity contribution in [3.05, 3.63) is 0 Å². The van der Waals surface area contributed by atoms with Crippen LogP contribution in [0.15, 0.2) is 0 Å². The molecule has 0 saturated heterocycles. The van der Waals surface area contributed by atoms with Crippen LogP contribution in [0.25, 0.3) is 0 Å². The van der Waals surface area contributed by atoms with E-state index in [-0.39, 0.29) is 28.6 Å². The van der Waals surface area contributed by atoms with E-state index in [9.17, 15) is 9.59 Å². The van der Waals surface area contributed by atoms with Crippen molar-refractivity contribution in [3.8, 4) is 0 Å². The highest BCUT2D eigenvalue weighted by Crippen LogP contribution is 2.41. The van der Waals surface area contributed by atoms with Gasteiger partial charge in [-0.25, -0.2) is 0 Å². The van der Waals surface area contributed by atoms with Crippen LogP contribution in [0, 0.1) is 34.5 Å². The summed E-state index contributed by atoms with van der Waals surface area (Å²) in [5.74, 6) is 2.41.